The van der Waals surface area contributed by atoms with Crippen molar-refractivity contribution in [1.29, 1.82) is 0 Å². The van der Waals surface area contributed by atoms with Gasteiger partial charge >= 0.3 is 0 Å². The van der Waals surface area contributed by atoms with Gasteiger partial charge in [0.2, 0.25) is 0 Å². The molecule has 1 N–H and O–H groups in total. The van der Waals surface area contributed by atoms with Gasteiger partial charge in [0.15, 0.2) is 5.82 Å². The minimum Gasteiger partial charge on any atom is -0.321 e. The van der Waals surface area contributed by atoms with Crippen LogP contribution in [-0.4, -0.2) is 26.1 Å². The molecule has 0 saturated heterocycles. The Morgan fingerprint density at radius 2 is 2.04 bits per heavy atom. The molecular weight excluding hydrogens is 365 g/mol. The molecule has 0 unspecified atom stereocenters. The quantitative estimate of drug-likeness (QED) is 0.574. The van der Waals surface area contributed by atoms with Gasteiger partial charge in [-0.2, -0.15) is 0 Å². The van der Waals surface area contributed by atoms with Crippen molar-refractivity contribution in [2.75, 3.05) is 5.32 Å². The van der Waals surface area contributed by atoms with Crippen molar-refractivity contribution >= 4 is 33.0 Å². The second kappa shape index (κ2) is 6.24. The average molecular weight is 379 g/mol. The zero-order valence-electron chi connectivity index (χ0n) is 14.1. The van der Waals surface area contributed by atoms with E-state index < -0.39 is 0 Å². The van der Waals surface area contributed by atoms with Gasteiger partial charge in [-0.1, -0.05) is 18.2 Å². The number of carbonyl (C=O) groups is 1. The minimum absolute atomic E-state index is 0.269. The summed E-state index contributed by atoms with van der Waals surface area (Å²) in [5.41, 5.74) is 1.48. The molecule has 1 aliphatic carbocycles. The molecule has 0 spiro atoms. The molecule has 0 aliphatic heterocycles. The third-order valence-electron chi connectivity index (χ3n) is 4.50. The monoisotopic (exact) mass is 379 g/mol. The molecular formula is C19H14FN5OS. The zero-order valence-corrected chi connectivity index (χ0v) is 14.9. The van der Waals surface area contributed by atoms with Crippen LogP contribution in [0.3, 0.4) is 0 Å². The first-order valence-electron chi connectivity index (χ1n) is 8.57. The number of carbonyl (C=O) groups excluding carboxylic acids is 1. The number of nitrogens with one attached hydrogen (secondary N) is 1. The van der Waals surface area contributed by atoms with E-state index in [1.54, 1.807) is 24.3 Å². The van der Waals surface area contributed by atoms with Crippen LogP contribution < -0.4 is 5.32 Å². The summed E-state index contributed by atoms with van der Waals surface area (Å²) in [7, 11) is 0. The molecule has 27 heavy (non-hydrogen) atoms. The summed E-state index contributed by atoms with van der Waals surface area (Å²) in [4.78, 5) is 13.1. The number of fused-ring (bicyclic) bond motifs is 1. The van der Waals surface area contributed by atoms with E-state index in [4.69, 9.17) is 0 Å². The van der Waals surface area contributed by atoms with Crippen LogP contribution in [0.1, 0.15) is 28.6 Å². The molecule has 6 nitrogen and oxygen atoms in total. The maximum Gasteiger partial charge on any atom is 0.265 e. The van der Waals surface area contributed by atoms with E-state index in [-0.39, 0.29) is 11.7 Å². The fourth-order valence-corrected chi connectivity index (χ4v) is 3.99. The van der Waals surface area contributed by atoms with Gasteiger partial charge in [-0.25, -0.2) is 9.07 Å². The van der Waals surface area contributed by atoms with Gasteiger partial charge in [-0.15, -0.1) is 16.4 Å². The summed E-state index contributed by atoms with van der Waals surface area (Å²) in [6.07, 6.45) is 2.16. The van der Waals surface area contributed by atoms with Crippen molar-refractivity contribution in [3.63, 3.8) is 0 Å². The van der Waals surface area contributed by atoms with Gasteiger partial charge in [-0.05, 0) is 53.6 Å². The molecule has 5 rings (SSSR count). The maximum atomic E-state index is 13.9. The highest BCUT2D eigenvalue weighted by atomic mass is 32.1. The van der Waals surface area contributed by atoms with Gasteiger partial charge in [-0.3, -0.25) is 4.79 Å². The Morgan fingerprint density at radius 3 is 2.85 bits per heavy atom. The molecule has 2 aromatic carbocycles. The Kier molecular flexibility index (Phi) is 3.71. The molecule has 1 amide bonds. The van der Waals surface area contributed by atoms with Crippen molar-refractivity contribution < 1.29 is 9.18 Å². The van der Waals surface area contributed by atoms with Crippen LogP contribution in [0.25, 0.3) is 21.5 Å². The maximum absolute atomic E-state index is 13.9. The van der Waals surface area contributed by atoms with Crippen LogP contribution >= 0.6 is 11.3 Å². The van der Waals surface area contributed by atoms with Gasteiger partial charge in [0.1, 0.15) is 5.82 Å². The number of hydrogen-bond donors (Lipinski definition) is 1. The highest BCUT2D eigenvalue weighted by molar-refractivity contribution is 7.20. The molecule has 0 atom stereocenters. The lowest BCUT2D eigenvalue weighted by Gasteiger charge is -2.07. The van der Waals surface area contributed by atoms with Crippen molar-refractivity contribution in [3.05, 3.63) is 59.2 Å². The molecule has 0 radical (unpaired) electrons. The van der Waals surface area contributed by atoms with E-state index in [2.05, 4.69) is 20.8 Å². The van der Waals surface area contributed by atoms with E-state index in [0.29, 0.717) is 27.8 Å². The Bertz CT molecular complexity index is 1160. The zero-order chi connectivity index (χ0) is 18.4. The lowest BCUT2D eigenvalue weighted by Crippen LogP contribution is -2.10. The number of thiophene rings is 1. The molecule has 1 saturated carbocycles. The largest absolute Gasteiger partial charge is 0.321 e. The third-order valence-corrected chi connectivity index (χ3v) is 5.60. The fourth-order valence-electron chi connectivity index (χ4n) is 3.01. The number of amides is 1. The number of hydrogen-bond acceptors (Lipinski definition) is 5. The average Bonchev–Trinajstić information content (AvgIpc) is 3.22. The minimum atomic E-state index is -0.322. The normalized spacial score (nSPS) is 13.8. The van der Waals surface area contributed by atoms with Gasteiger partial charge in [0, 0.05) is 21.3 Å². The Balaban J connectivity index is 1.42. The number of nitrogens with zero attached hydrogens (tertiary/aromatic N) is 4. The summed E-state index contributed by atoms with van der Waals surface area (Å²) in [6, 6.07) is 14.2. The Hall–Kier alpha value is -3.13. The first-order valence-corrected chi connectivity index (χ1v) is 9.38. The molecule has 2 aromatic heterocycles. The number of aromatic nitrogens is 4. The van der Waals surface area contributed by atoms with Gasteiger partial charge in [0.25, 0.3) is 5.91 Å². The molecule has 0 bridgehead atoms. The van der Waals surface area contributed by atoms with Crippen molar-refractivity contribution in [3.8, 4) is 11.4 Å². The lowest BCUT2D eigenvalue weighted by molar-refractivity contribution is 0.103. The number of rotatable bonds is 4. The van der Waals surface area contributed by atoms with Crippen LogP contribution in [-0.2, 0) is 0 Å². The molecule has 1 aliphatic rings. The smallest absolute Gasteiger partial charge is 0.265 e. The highest BCUT2D eigenvalue weighted by Gasteiger charge is 2.28. The van der Waals surface area contributed by atoms with Crippen molar-refractivity contribution in [2.24, 2.45) is 0 Å². The van der Waals surface area contributed by atoms with E-state index >= 15 is 0 Å². The van der Waals surface area contributed by atoms with Crippen LogP contribution in [0.2, 0.25) is 0 Å². The predicted molar refractivity (Wildman–Crippen MR) is 101 cm³/mol. The highest BCUT2D eigenvalue weighted by Crippen LogP contribution is 2.37. The molecule has 8 heteroatoms. The fraction of sp³-hybridized carbons (Fsp3) is 0.158. The molecule has 4 aromatic rings. The number of benzene rings is 2. The van der Waals surface area contributed by atoms with Crippen LogP contribution in [0.4, 0.5) is 10.1 Å². The van der Waals surface area contributed by atoms with E-state index in [0.717, 1.165) is 23.1 Å². The summed E-state index contributed by atoms with van der Waals surface area (Å²) in [6.45, 7) is 0. The Morgan fingerprint density at radius 1 is 1.19 bits per heavy atom. The number of anilines is 1. The second-order valence-corrected chi connectivity index (χ2v) is 7.56. The number of tetrazole rings is 1. The second-order valence-electron chi connectivity index (χ2n) is 6.48. The molecule has 1 fully saturated rings. The molecule has 134 valence electrons. The van der Waals surface area contributed by atoms with E-state index in [1.807, 2.05) is 22.9 Å². The van der Waals surface area contributed by atoms with E-state index in [9.17, 15) is 9.18 Å². The first-order chi connectivity index (χ1) is 13.2. The van der Waals surface area contributed by atoms with Crippen molar-refractivity contribution in [2.45, 2.75) is 18.9 Å². The lowest BCUT2D eigenvalue weighted by atomic mass is 10.2. The topological polar surface area (TPSA) is 72.7 Å². The van der Waals surface area contributed by atoms with E-state index in [1.165, 1.54) is 17.4 Å². The first kappa shape index (κ1) is 16.1. The number of halogens is 1. The third kappa shape index (κ3) is 2.97. The Labute approximate surface area is 157 Å². The molecule has 2 heterocycles. The van der Waals surface area contributed by atoms with Gasteiger partial charge in [0.05, 0.1) is 10.9 Å². The van der Waals surface area contributed by atoms with Crippen LogP contribution in [0.5, 0.6) is 0 Å². The van der Waals surface area contributed by atoms with Gasteiger partial charge < -0.3 is 5.32 Å². The standard InChI is InChI=1S/C19H14FN5OS/c20-15-5-2-6-16-14(15)10-17(27-16)19(26)21-12-4-1-3-11(9-12)18-22-23-24-25(18)13-7-8-13/h1-6,9-10,13H,7-8H2,(H,21,26). The SMILES string of the molecule is O=C(Nc1cccc(-c2nnnn2C2CC2)c1)c1cc2c(F)cccc2s1. The van der Waals surface area contributed by atoms with Crippen molar-refractivity contribution in [1.82, 2.24) is 20.2 Å². The summed E-state index contributed by atoms with van der Waals surface area (Å²) in [5, 5.41) is 15.3. The van der Waals surface area contributed by atoms with Crippen LogP contribution in [0, 0.1) is 5.82 Å². The van der Waals surface area contributed by atoms with Crippen LogP contribution in [0.15, 0.2) is 48.5 Å². The summed E-state index contributed by atoms with van der Waals surface area (Å²) >= 11 is 1.27. The summed E-state index contributed by atoms with van der Waals surface area (Å²) in [5.74, 6) is 0.101. The predicted octanol–water partition coefficient (Wildman–Crippen LogP) is 4.28. The summed E-state index contributed by atoms with van der Waals surface area (Å²) < 4.78 is 16.4.